The maximum Gasteiger partial charge on any atom is 0.574 e. The predicted molar refractivity (Wildman–Crippen MR) is 87.1 cm³/mol. The van der Waals surface area contributed by atoms with Gasteiger partial charge in [-0.2, -0.15) is 10.1 Å². The second-order valence-corrected chi connectivity index (χ2v) is 6.80. The Hall–Kier alpha value is -2.10. The Morgan fingerprint density at radius 2 is 1.96 bits per heavy atom. The summed E-state index contributed by atoms with van der Waals surface area (Å²) in [6.07, 6.45) is -1.08. The molecule has 0 radical (unpaired) electrons. The van der Waals surface area contributed by atoms with E-state index in [9.17, 15) is 13.2 Å². The van der Waals surface area contributed by atoms with Gasteiger partial charge >= 0.3 is 6.36 Å². The van der Waals surface area contributed by atoms with Crippen LogP contribution in [0.1, 0.15) is 24.5 Å². The first kappa shape index (κ1) is 16.4. The SMILES string of the molecule is Cn1cc2cc(-c3nc(Br)c(C4CC4)n3C)c(OC(F)(F)F)nc2n1. The monoisotopic (exact) mass is 415 g/mol. The molecule has 0 amide bonds. The van der Waals surface area contributed by atoms with Crippen molar-refractivity contribution in [3.63, 3.8) is 0 Å². The summed E-state index contributed by atoms with van der Waals surface area (Å²) >= 11 is 3.41. The zero-order valence-electron chi connectivity index (χ0n) is 13.3. The number of nitrogens with zero attached hydrogens (tertiary/aromatic N) is 5. The number of rotatable bonds is 3. The first-order valence-electron chi connectivity index (χ1n) is 7.55. The van der Waals surface area contributed by atoms with Crippen LogP contribution in [0.4, 0.5) is 13.2 Å². The molecule has 3 aromatic heterocycles. The van der Waals surface area contributed by atoms with Crippen molar-refractivity contribution in [2.45, 2.75) is 25.1 Å². The number of aryl methyl sites for hydroxylation is 1. The molecule has 0 atom stereocenters. The summed E-state index contributed by atoms with van der Waals surface area (Å²) in [5.41, 5.74) is 1.33. The lowest BCUT2D eigenvalue weighted by atomic mass is 10.2. The van der Waals surface area contributed by atoms with Crippen molar-refractivity contribution in [2.75, 3.05) is 0 Å². The number of imidazole rings is 1. The van der Waals surface area contributed by atoms with Gasteiger partial charge in [-0.15, -0.1) is 13.2 Å². The van der Waals surface area contributed by atoms with Gasteiger partial charge in [-0.05, 0) is 34.8 Å². The summed E-state index contributed by atoms with van der Waals surface area (Å²) in [5.74, 6) is 0.190. The average Bonchev–Trinajstić information content (AvgIpc) is 3.17. The molecule has 4 rings (SSSR count). The Bertz CT molecular complexity index is 974. The van der Waals surface area contributed by atoms with E-state index in [0.717, 1.165) is 18.5 Å². The van der Waals surface area contributed by atoms with E-state index < -0.39 is 12.2 Å². The molecular weight excluding hydrogens is 403 g/mol. The van der Waals surface area contributed by atoms with Gasteiger partial charge in [0.2, 0.25) is 5.88 Å². The Morgan fingerprint density at radius 1 is 1.24 bits per heavy atom. The molecule has 0 aromatic carbocycles. The smallest absolute Gasteiger partial charge is 0.387 e. The van der Waals surface area contributed by atoms with Crippen molar-refractivity contribution in [1.29, 1.82) is 0 Å². The van der Waals surface area contributed by atoms with E-state index in [-0.39, 0.29) is 11.2 Å². The number of pyridine rings is 1. The fourth-order valence-electron chi connectivity index (χ4n) is 2.92. The van der Waals surface area contributed by atoms with Gasteiger partial charge in [0.25, 0.3) is 0 Å². The largest absolute Gasteiger partial charge is 0.574 e. The van der Waals surface area contributed by atoms with Crippen molar-refractivity contribution in [2.24, 2.45) is 14.1 Å². The Kier molecular flexibility index (Phi) is 3.57. The molecule has 0 N–H and O–H groups in total. The van der Waals surface area contributed by atoms with E-state index in [1.54, 1.807) is 30.9 Å². The molecule has 0 aliphatic heterocycles. The van der Waals surface area contributed by atoms with Crippen LogP contribution in [-0.4, -0.2) is 30.7 Å². The van der Waals surface area contributed by atoms with E-state index >= 15 is 0 Å². The minimum absolute atomic E-state index is 0.174. The van der Waals surface area contributed by atoms with Gasteiger partial charge < -0.3 is 9.30 Å². The molecule has 0 spiro atoms. The van der Waals surface area contributed by atoms with E-state index in [2.05, 4.69) is 35.7 Å². The Labute approximate surface area is 148 Å². The number of fused-ring (bicyclic) bond motifs is 1. The molecule has 1 saturated carbocycles. The molecule has 132 valence electrons. The molecule has 1 aliphatic carbocycles. The van der Waals surface area contributed by atoms with Gasteiger partial charge in [0, 0.05) is 31.6 Å². The van der Waals surface area contributed by atoms with Crippen LogP contribution in [-0.2, 0) is 14.1 Å². The van der Waals surface area contributed by atoms with Crippen molar-refractivity contribution >= 4 is 27.0 Å². The van der Waals surface area contributed by atoms with Crippen LogP contribution in [0.5, 0.6) is 5.88 Å². The standard InChI is InChI=1S/C15H13BrF3N5O/c1-23-6-8-5-9(14(21-12(8)22-23)25-15(17,18)19)13-20-11(16)10(24(13)2)7-3-4-7/h5-7H,3-4H2,1-2H3. The van der Waals surface area contributed by atoms with Gasteiger partial charge in [-0.1, -0.05) is 0 Å². The lowest BCUT2D eigenvalue weighted by Gasteiger charge is -2.12. The summed E-state index contributed by atoms with van der Waals surface area (Å²) in [5, 5.41) is 4.65. The molecule has 6 nitrogen and oxygen atoms in total. The fraction of sp³-hybridized carbons (Fsp3) is 0.400. The lowest BCUT2D eigenvalue weighted by molar-refractivity contribution is -0.275. The molecule has 0 unspecified atom stereocenters. The van der Waals surface area contributed by atoms with E-state index in [0.29, 0.717) is 21.7 Å². The molecule has 25 heavy (non-hydrogen) atoms. The summed E-state index contributed by atoms with van der Waals surface area (Å²) in [6, 6.07) is 1.57. The van der Waals surface area contributed by atoms with Crippen LogP contribution < -0.4 is 4.74 Å². The summed E-state index contributed by atoms with van der Waals surface area (Å²) < 4.78 is 46.6. The number of aromatic nitrogens is 5. The van der Waals surface area contributed by atoms with E-state index in [1.165, 1.54) is 4.68 Å². The summed E-state index contributed by atoms with van der Waals surface area (Å²) in [4.78, 5) is 8.37. The maximum atomic E-state index is 12.8. The minimum atomic E-state index is -4.86. The number of hydrogen-bond acceptors (Lipinski definition) is 4. The molecule has 1 fully saturated rings. The topological polar surface area (TPSA) is 57.8 Å². The first-order chi connectivity index (χ1) is 11.7. The zero-order chi connectivity index (χ0) is 17.9. The summed E-state index contributed by atoms with van der Waals surface area (Å²) in [6.45, 7) is 0. The number of hydrogen-bond donors (Lipinski definition) is 0. The van der Waals surface area contributed by atoms with Gasteiger partial charge in [0.15, 0.2) is 5.65 Å². The zero-order valence-corrected chi connectivity index (χ0v) is 14.9. The van der Waals surface area contributed by atoms with Crippen molar-refractivity contribution in [3.05, 3.63) is 22.6 Å². The van der Waals surface area contributed by atoms with Crippen LogP contribution in [0.15, 0.2) is 16.9 Å². The third kappa shape index (κ3) is 2.99. The molecular formula is C15H13BrF3N5O. The third-order valence-corrected chi connectivity index (χ3v) is 4.67. The highest BCUT2D eigenvalue weighted by atomic mass is 79.9. The van der Waals surface area contributed by atoms with Gasteiger partial charge in [0.05, 0.1) is 11.3 Å². The number of alkyl halides is 3. The minimum Gasteiger partial charge on any atom is -0.387 e. The normalized spacial score (nSPS) is 15.1. The van der Waals surface area contributed by atoms with Crippen molar-refractivity contribution in [3.8, 4) is 17.3 Å². The highest BCUT2D eigenvalue weighted by molar-refractivity contribution is 9.10. The van der Waals surface area contributed by atoms with Crippen LogP contribution in [0, 0.1) is 0 Å². The van der Waals surface area contributed by atoms with Gasteiger partial charge in [0.1, 0.15) is 10.4 Å². The fourth-order valence-corrected chi connectivity index (χ4v) is 3.68. The second-order valence-electron chi connectivity index (χ2n) is 6.05. The number of halogens is 4. The van der Waals surface area contributed by atoms with Crippen LogP contribution >= 0.6 is 15.9 Å². The van der Waals surface area contributed by atoms with E-state index in [4.69, 9.17) is 0 Å². The van der Waals surface area contributed by atoms with Crippen LogP contribution in [0.2, 0.25) is 0 Å². The maximum absolute atomic E-state index is 12.8. The van der Waals surface area contributed by atoms with Crippen molar-refractivity contribution in [1.82, 2.24) is 24.3 Å². The molecule has 3 heterocycles. The molecule has 1 aliphatic rings. The highest BCUT2D eigenvalue weighted by Gasteiger charge is 2.35. The Balaban J connectivity index is 1.93. The highest BCUT2D eigenvalue weighted by Crippen LogP contribution is 2.45. The number of ether oxygens (including phenoxy) is 1. The lowest BCUT2D eigenvalue weighted by Crippen LogP contribution is -2.19. The molecule has 0 saturated heterocycles. The Morgan fingerprint density at radius 3 is 2.60 bits per heavy atom. The molecule has 0 bridgehead atoms. The van der Waals surface area contributed by atoms with Crippen LogP contribution in [0.3, 0.4) is 0 Å². The third-order valence-electron chi connectivity index (χ3n) is 4.09. The van der Waals surface area contributed by atoms with Gasteiger partial charge in [-0.25, -0.2) is 4.98 Å². The summed E-state index contributed by atoms with van der Waals surface area (Å²) in [7, 11) is 3.46. The van der Waals surface area contributed by atoms with Crippen molar-refractivity contribution < 1.29 is 17.9 Å². The average molecular weight is 416 g/mol. The molecule has 3 aromatic rings. The second kappa shape index (κ2) is 5.45. The van der Waals surface area contributed by atoms with E-state index in [1.807, 2.05) is 0 Å². The molecule has 10 heteroatoms. The quantitative estimate of drug-likeness (QED) is 0.650. The first-order valence-corrected chi connectivity index (χ1v) is 8.35. The van der Waals surface area contributed by atoms with Gasteiger partial charge in [-0.3, -0.25) is 4.68 Å². The predicted octanol–water partition coefficient (Wildman–Crippen LogP) is 3.91. The van der Waals surface area contributed by atoms with Crippen LogP contribution in [0.25, 0.3) is 22.4 Å².